The van der Waals surface area contributed by atoms with Gasteiger partial charge in [0.25, 0.3) is 5.95 Å². The van der Waals surface area contributed by atoms with Crippen molar-refractivity contribution in [3.63, 3.8) is 0 Å². The van der Waals surface area contributed by atoms with Crippen LogP contribution in [0.1, 0.15) is 25.1 Å². The average molecular weight is 504 g/mol. The minimum Gasteiger partial charge on any atom is -0.377 e. The Hall–Kier alpha value is -3.67. The third-order valence-electron chi connectivity index (χ3n) is 5.62. The van der Waals surface area contributed by atoms with Crippen LogP contribution >= 0.6 is 0 Å². The first-order valence-electron chi connectivity index (χ1n) is 11.3. The van der Waals surface area contributed by atoms with Gasteiger partial charge in [-0.25, -0.2) is 9.37 Å². The van der Waals surface area contributed by atoms with E-state index in [-0.39, 0.29) is 30.3 Å². The van der Waals surface area contributed by atoms with Crippen LogP contribution < -0.4 is 10.2 Å². The standard InChI is InChI=1S/C24H25F4N7O/c1-15(2)21-14-36-9-8-35(21)22-20(25)13-30-23(33-22)34-31-12-18-6-7-19(11-29-18)32-17-5-3-4-16(10-17)24(26,27)28/h3-7,10-11,13,15,21,32H,8-9,12,14H2,1-2H3. The summed E-state index contributed by atoms with van der Waals surface area (Å²) >= 11 is 0. The molecule has 1 N–H and O–H groups in total. The van der Waals surface area contributed by atoms with Crippen LogP contribution in [0.3, 0.4) is 0 Å². The molecule has 3 aromatic rings. The van der Waals surface area contributed by atoms with E-state index < -0.39 is 17.6 Å². The second-order valence-corrected chi connectivity index (χ2v) is 8.56. The molecule has 1 unspecified atom stereocenters. The lowest BCUT2D eigenvalue weighted by molar-refractivity contribution is -0.137. The highest BCUT2D eigenvalue weighted by atomic mass is 19.4. The maximum absolute atomic E-state index is 14.5. The molecule has 1 aliphatic heterocycles. The molecule has 2 aromatic heterocycles. The van der Waals surface area contributed by atoms with Crippen molar-refractivity contribution < 1.29 is 22.3 Å². The number of azo groups is 1. The molecule has 1 atom stereocenters. The van der Waals surface area contributed by atoms with E-state index in [0.717, 1.165) is 18.3 Å². The Morgan fingerprint density at radius 3 is 2.69 bits per heavy atom. The van der Waals surface area contributed by atoms with Crippen LogP contribution in [0, 0.1) is 11.7 Å². The van der Waals surface area contributed by atoms with Crippen molar-refractivity contribution in [1.82, 2.24) is 15.0 Å². The third-order valence-corrected chi connectivity index (χ3v) is 5.62. The van der Waals surface area contributed by atoms with E-state index >= 15 is 0 Å². The molecule has 0 amide bonds. The van der Waals surface area contributed by atoms with Crippen LogP contribution in [-0.2, 0) is 17.5 Å². The van der Waals surface area contributed by atoms with Gasteiger partial charge in [0.2, 0.25) is 0 Å². The van der Waals surface area contributed by atoms with Gasteiger partial charge in [0.1, 0.15) is 6.54 Å². The number of halogens is 4. The van der Waals surface area contributed by atoms with Gasteiger partial charge in [-0.05, 0) is 36.2 Å². The molecule has 0 saturated carbocycles. The summed E-state index contributed by atoms with van der Waals surface area (Å²) in [5, 5.41) is 11.0. The van der Waals surface area contributed by atoms with Crippen molar-refractivity contribution >= 4 is 23.1 Å². The van der Waals surface area contributed by atoms with Gasteiger partial charge < -0.3 is 15.0 Å². The molecule has 1 fully saturated rings. The Morgan fingerprint density at radius 1 is 1.14 bits per heavy atom. The number of hydrogen-bond donors (Lipinski definition) is 1. The van der Waals surface area contributed by atoms with Crippen LogP contribution in [0.2, 0.25) is 0 Å². The molecule has 8 nitrogen and oxygen atoms in total. The van der Waals surface area contributed by atoms with Crippen molar-refractivity contribution in [1.29, 1.82) is 0 Å². The number of aromatic nitrogens is 3. The Kier molecular flexibility index (Phi) is 7.73. The van der Waals surface area contributed by atoms with E-state index in [4.69, 9.17) is 4.74 Å². The molecule has 1 aliphatic rings. The number of rotatable bonds is 7. The van der Waals surface area contributed by atoms with Gasteiger partial charge in [-0.2, -0.15) is 23.3 Å². The fraction of sp³-hybridized carbons (Fsp3) is 0.375. The molecule has 12 heteroatoms. The molecule has 0 spiro atoms. The van der Waals surface area contributed by atoms with Crippen molar-refractivity contribution in [2.75, 3.05) is 30.0 Å². The number of nitrogens with one attached hydrogen (secondary N) is 1. The first-order valence-corrected chi connectivity index (χ1v) is 11.3. The fourth-order valence-corrected chi connectivity index (χ4v) is 3.74. The molecular weight excluding hydrogens is 478 g/mol. The zero-order valence-electron chi connectivity index (χ0n) is 19.7. The van der Waals surface area contributed by atoms with Gasteiger partial charge >= 0.3 is 6.18 Å². The minimum absolute atomic E-state index is 0.0137. The molecule has 1 saturated heterocycles. The Morgan fingerprint density at radius 2 is 1.97 bits per heavy atom. The van der Waals surface area contributed by atoms with Gasteiger partial charge in [-0.3, -0.25) is 4.98 Å². The number of anilines is 3. The molecule has 3 heterocycles. The van der Waals surface area contributed by atoms with Gasteiger partial charge in [0.15, 0.2) is 11.6 Å². The summed E-state index contributed by atoms with van der Waals surface area (Å²) in [6, 6.07) is 8.24. The van der Waals surface area contributed by atoms with Gasteiger partial charge in [0.05, 0.1) is 48.6 Å². The number of pyridine rings is 1. The maximum atomic E-state index is 14.5. The highest BCUT2D eigenvalue weighted by Gasteiger charge is 2.31. The molecule has 0 bridgehead atoms. The molecule has 0 aliphatic carbocycles. The molecule has 0 radical (unpaired) electrons. The maximum Gasteiger partial charge on any atom is 0.416 e. The lowest BCUT2D eigenvalue weighted by Gasteiger charge is -2.38. The first kappa shape index (κ1) is 25.4. The van der Waals surface area contributed by atoms with E-state index in [1.165, 1.54) is 18.3 Å². The van der Waals surface area contributed by atoms with Crippen LogP contribution in [0.4, 0.5) is 40.7 Å². The fourth-order valence-electron chi connectivity index (χ4n) is 3.74. The predicted octanol–water partition coefficient (Wildman–Crippen LogP) is 5.92. The number of hydrogen-bond acceptors (Lipinski definition) is 8. The molecule has 190 valence electrons. The molecule has 1 aromatic carbocycles. The van der Waals surface area contributed by atoms with E-state index in [0.29, 0.717) is 36.8 Å². The Labute approximate surface area is 205 Å². The smallest absolute Gasteiger partial charge is 0.377 e. The van der Waals surface area contributed by atoms with Crippen LogP contribution in [0.15, 0.2) is 59.0 Å². The second-order valence-electron chi connectivity index (χ2n) is 8.56. The quantitative estimate of drug-likeness (QED) is 0.318. The van der Waals surface area contributed by atoms with Gasteiger partial charge in [-0.15, -0.1) is 5.11 Å². The number of nitrogens with zero attached hydrogens (tertiary/aromatic N) is 6. The Balaban J connectivity index is 1.40. The molecule has 36 heavy (non-hydrogen) atoms. The lowest BCUT2D eigenvalue weighted by atomic mass is 10.0. The Bertz CT molecular complexity index is 1200. The van der Waals surface area contributed by atoms with Crippen molar-refractivity contribution in [2.24, 2.45) is 16.1 Å². The predicted molar refractivity (Wildman–Crippen MR) is 126 cm³/mol. The zero-order valence-corrected chi connectivity index (χ0v) is 19.7. The SMILES string of the molecule is CC(C)C1COCCN1c1nc(N=NCc2ccc(Nc3cccc(C(F)(F)F)c3)cn2)ncc1F. The van der Waals surface area contributed by atoms with Crippen molar-refractivity contribution in [2.45, 2.75) is 32.6 Å². The monoisotopic (exact) mass is 503 g/mol. The third kappa shape index (κ3) is 6.30. The minimum atomic E-state index is -4.42. The molecular formula is C24H25F4N7O. The summed E-state index contributed by atoms with van der Waals surface area (Å²) in [4.78, 5) is 14.3. The number of ether oxygens (including phenoxy) is 1. The van der Waals surface area contributed by atoms with Crippen LogP contribution in [0.5, 0.6) is 0 Å². The van der Waals surface area contributed by atoms with Gasteiger partial charge in [-0.1, -0.05) is 19.9 Å². The number of benzene rings is 1. The summed E-state index contributed by atoms with van der Waals surface area (Å²) in [7, 11) is 0. The van der Waals surface area contributed by atoms with Crippen molar-refractivity contribution in [3.8, 4) is 0 Å². The number of alkyl halides is 3. The van der Waals surface area contributed by atoms with Crippen molar-refractivity contribution in [3.05, 3.63) is 65.9 Å². The van der Waals surface area contributed by atoms with E-state index in [1.807, 2.05) is 18.7 Å². The zero-order chi connectivity index (χ0) is 25.7. The number of morpholine rings is 1. The second kappa shape index (κ2) is 10.9. The molecule has 4 rings (SSSR count). The highest BCUT2D eigenvalue weighted by Crippen LogP contribution is 2.31. The van der Waals surface area contributed by atoms with Crippen LogP contribution in [0.25, 0.3) is 0 Å². The summed E-state index contributed by atoms with van der Waals surface area (Å²) in [6.45, 7) is 5.68. The normalized spacial score (nSPS) is 16.6. The van der Waals surface area contributed by atoms with E-state index in [2.05, 4.69) is 30.5 Å². The van der Waals surface area contributed by atoms with E-state index in [9.17, 15) is 17.6 Å². The van der Waals surface area contributed by atoms with Gasteiger partial charge in [0, 0.05) is 12.2 Å². The summed E-state index contributed by atoms with van der Waals surface area (Å²) in [5.41, 5.74) is 0.649. The summed E-state index contributed by atoms with van der Waals surface area (Å²) in [5.74, 6) is -0.0961. The largest absolute Gasteiger partial charge is 0.416 e. The van der Waals surface area contributed by atoms with E-state index in [1.54, 1.807) is 12.1 Å². The summed E-state index contributed by atoms with van der Waals surface area (Å²) in [6.07, 6.45) is -1.85. The topological polar surface area (TPSA) is 87.9 Å². The highest BCUT2D eigenvalue weighted by molar-refractivity contribution is 5.59. The first-order chi connectivity index (χ1) is 17.2. The summed E-state index contributed by atoms with van der Waals surface area (Å²) < 4.78 is 58.7. The lowest BCUT2D eigenvalue weighted by Crippen LogP contribution is -2.49. The van der Waals surface area contributed by atoms with Crippen LogP contribution in [-0.4, -0.2) is 40.8 Å². The average Bonchev–Trinajstić information content (AvgIpc) is 2.86.